The third-order valence-electron chi connectivity index (χ3n) is 3.87. The van der Waals surface area contributed by atoms with E-state index in [2.05, 4.69) is 0 Å². The maximum Gasteiger partial charge on any atom is 0.409 e. The molecule has 0 spiro atoms. The Bertz CT molecular complexity index is 631. The molecule has 0 N–H and O–H groups in total. The molecule has 1 fully saturated rings. The first-order valence-electron chi connectivity index (χ1n) is 8.60. The molecule has 1 heterocycles. The van der Waals surface area contributed by atoms with E-state index < -0.39 is 0 Å². The number of benzene rings is 1. The maximum atomic E-state index is 13.2. The van der Waals surface area contributed by atoms with Crippen LogP contribution in [0.15, 0.2) is 30.3 Å². The van der Waals surface area contributed by atoms with Gasteiger partial charge in [-0.3, -0.25) is 4.79 Å². The van der Waals surface area contributed by atoms with E-state index >= 15 is 0 Å². The van der Waals surface area contributed by atoms with Crippen LogP contribution in [-0.4, -0.2) is 54.6 Å². The molecule has 1 saturated heterocycles. The van der Waals surface area contributed by atoms with Crippen molar-refractivity contribution in [3.05, 3.63) is 41.7 Å². The maximum absolute atomic E-state index is 13.2. The normalized spacial score (nSPS) is 15.5. The van der Waals surface area contributed by atoms with Crippen molar-refractivity contribution in [2.75, 3.05) is 32.8 Å². The third-order valence-corrected chi connectivity index (χ3v) is 3.87. The molecule has 1 aromatic carbocycles. The summed E-state index contributed by atoms with van der Waals surface area (Å²) in [5.74, 6) is -0.177. The fourth-order valence-electron chi connectivity index (χ4n) is 2.53. The summed E-state index contributed by atoms with van der Waals surface area (Å²) < 4.78 is 18.4. The molecular formula is C19H25FN2O3. The van der Waals surface area contributed by atoms with Gasteiger partial charge in [0.25, 0.3) is 0 Å². The van der Waals surface area contributed by atoms with Crippen LogP contribution < -0.4 is 0 Å². The fraction of sp³-hybridized carbons (Fsp3) is 0.474. The first-order chi connectivity index (χ1) is 12.0. The van der Waals surface area contributed by atoms with Gasteiger partial charge in [-0.05, 0) is 36.1 Å². The summed E-state index contributed by atoms with van der Waals surface area (Å²) in [5, 5.41) is 0. The highest BCUT2D eigenvalue weighted by atomic mass is 19.1. The predicted molar refractivity (Wildman–Crippen MR) is 94.4 cm³/mol. The first-order valence-corrected chi connectivity index (χ1v) is 8.60. The molecule has 6 heteroatoms. The molecule has 2 amide bonds. The molecule has 1 aliphatic heterocycles. The predicted octanol–water partition coefficient (Wildman–Crippen LogP) is 3.17. The molecule has 0 atom stereocenters. The highest BCUT2D eigenvalue weighted by molar-refractivity contribution is 5.91. The minimum Gasteiger partial charge on any atom is -0.449 e. The van der Waals surface area contributed by atoms with Crippen LogP contribution in [0.5, 0.6) is 0 Å². The van der Waals surface area contributed by atoms with Crippen LogP contribution in [0.2, 0.25) is 0 Å². The van der Waals surface area contributed by atoms with Gasteiger partial charge in [0.1, 0.15) is 5.82 Å². The van der Waals surface area contributed by atoms with Crippen molar-refractivity contribution in [1.82, 2.24) is 9.80 Å². The Kier molecular flexibility index (Phi) is 6.98. The zero-order valence-electron chi connectivity index (χ0n) is 14.8. The Morgan fingerprint density at radius 3 is 2.64 bits per heavy atom. The van der Waals surface area contributed by atoms with Crippen molar-refractivity contribution in [2.24, 2.45) is 5.92 Å². The summed E-state index contributed by atoms with van der Waals surface area (Å²) in [6, 6.07) is 6.08. The van der Waals surface area contributed by atoms with Gasteiger partial charge in [0, 0.05) is 32.3 Å². The molecule has 1 aromatic rings. The summed E-state index contributed by atoms with van der Waals surface area (Å²) in [4.78, 5) is 27.7. The average molecular weight is 348 g/mol. The van der Waals surface area contributed by atoms with E-state index in [1.165, 1.54) is 18.2 Å². The quantitative estimate of drug-likeness (QED) is 0.786. The molecule has 0 unspecified atom stereocenters. The van der Waals surface area contributed by atoms with Crippen molar-refractivity contribution in [2.45, 2.75) is 20.3 Å². The van der Waals surface area contributed by atoms with E-state index in [1.54, 1.807) is 28.0 Å². The Labute approximate surface area is 148 Å². The number of hydrogen-bond donors (Lipinski definition) is 0. The number of amides is 2. The lowest BCUT2D eigenvalue weighted by Gasteiger charge is -2.21. The molecule has 2 rings (SSSR count). The molecule has 0 aliphatic carbocycles. The lowest BCUT2D eigenvalue weighted by molar-refractivity contribution is -0.125. The van der Waals surface area contributed by atoms with Gasteiger partial charge in [-0.2, -0.15) is 0 Å². The zero-order chi connectivity index (χ0) is 18.2. The van der Waals surface area contributed by atoms with Crippen LogP contribution in [-0.2, 0) is 9.53 Å². The van der Waals surface area contributed by atoms with E-state index in [0.717, 1.165) is 0 Å². The molecule has 0 bridgehead atoms. The van der Waals surface area contributed by atoms with Gasteiger partial charge in [-0.1, -0.05) is 26.0 Å². The van der Waals surface area contributed by atoms with Crippen molar-refractivity contribution in [3.8, 4) is 0 Å². The van der Waals surface area contributed by atoms with Gasteiger partial charge in [-0.25, -0.2) is 9.18 Å². The van der Waals surface area contributed by atoms with Crippen LogP contribution in [0.25, 0.3) is 6.08 Å². The molecule has 0 aromatic heterocycles. The number of ether oxygens (including phenoxy) is 1. The largest absolute Gasteiger partial charge is 0.449 e. The van der Waals surface area contributed by atoms with Crippen LogP contribution >= 0.6 is 0 Å². The Morgan fingerprint density at radius 1 is 1.20 bits per heavy atom. The minimum atomic E-state index is -0.333. The molecule has 1 aliphatic rings. The molecule has 25 heavy (non-hydrogen) atoms. The summed E-state index contributed by atoms with van der Waals surface area (Å²) >= 11 is 0. The molecule has 0 radical (unpaired) electrons. The van der Waals surface area contributed by atoms with Crippen molar-refractivity contribution >= 4 is 18.1 Å². The summed E-state index contributed by atoms with van der Waals surface area (Å²) in [5.41, 5.74) is 0.641. The third kappa shape index (κ3) is 6.21. The lowest BCUT2D eigenvalue weighted by atomic mass is 10.2. The van der Waals surface area contributed by atoms with E-state index in [9.17, 15) is 14.0 Å². The second-order valence-corrected chi connectivity index (χ2v) is 6.52. The highest BCUT2D eigenvalue weighted by Crippen LogP contribution is 2.09. The topological polar surface area (TPSA) is 49.9 Å². The molecule has 0 saturated carbocycles. The van der Waals surface area contributed by atoms with Gasteiger partial charge in [0.05, 0.1) is 6.61 Å². The molecule has 136 valence electrons. The minimum absolute atomic E-state index is 0.137. The Balaban J connectivity index is 1.87. The van der Waals surface area contributed by atoms with Crippen molar-refractivity contribution in [1.29, 1.82) is 0 Å². The summed E-state index contributed by atoms with van der Waals surface area (Å²) in [6.07, 6.45) is 3.43. The van der Waals surface area contributed by atoms with Gasteiger partial charge in [0.15, 0.2) is 0 Å². The Hall–Kier alpha value is -2.37. The fourth-order valence-corrected chi connectivity index (χ4v) is 2.53. The standard InChI is InChI=1S/C19H25FN2O3/c1-15(2)14-25-19(24)22-10-4-9-21(11-12-22)18(23)8-7-16-5-3-6-17(20)13-16/h3,5-8,13,15H,4,9-12,14H2,1-2H3/b8-7+. The average Bonchev–Trinajstić information content (AvgIpc) is 2.84. The van der Waals surface area contributed by atoms with Crippen LogP contribution in [0.1, 0.15) is 25.8 Å². The van der Waals surface area contributed by atoms with Crippen LogP contribution in [0.4, 0.5) is 9.18 Å². The number of halogens is 1. The van der Waals surface area contributed by atoms with E-state index in [-0.39, 0.29) is 17.8 Å². The second kappa shape index (κ2) is 9.20. The Morgan fingerprint density at radius 2 is 1.92 bits per heavy atom. The van der Waals surface area contributed by atoms with Crippen molar-refractivity contribution in [3.63, 3.8) is 0 Å². The monoisotopic (exact) mass is 348 g/mol. The molecule has 5 nitrogen and oxygen atoms in total. The lowest BCUT2D eigenvalue weighted by Crippen LogP contribution is -2.37. The number of hydrogen-bond acceptors (Lipinski definition) is 3. The number of nitrogens with zero attached hydrogens (tertiary/aromatic N) is 2. The van der Waals surface area contributed by atoms with Crippen molar-refractivity contribution < 1.29 is 18.7 Å². The highest BCUT2D eigenvalue weighted by Gasteiger charge is 2.22. The first kappa shape index (κ1) is 19.0. The van der Waals surface area contributed by atoms with Gasteiger partial charge in [-0.15, -0.1) is 0 Å². The van der Waals surface area contributed by atoms with E-state index in [4.69, 9.17) is 4.74 Å². The van der Waals surface area contributed by atoms with E-state index in [0.29, 0.717) is 50.7 Å². The number of carbonyl (C=O) groups is 2. The van der Waals surface area contributed by atoms with Crippen LogP contribution in [0, 0.1) is 11.7 Å². The van der Waals surface area contributed by atoms with Gasteiger partial charge < -0.3 is 14.5 Å². The SMILES string of the molecule is CC(C)COC(=O)N1CCCN(C(=O)/C=C/c2cccc(F)c2)CC1. The number of carbonyl (C=O) groups excluding carboxylic acids is 2. The summed E-state index contributed by atoms with van der Waals surface area (Å²) in [6.45, 7) is 6.45. The second-order valence-electron chi connectivity index (χ2n) is 6.52. The van der Waals surface area contributed by atoms with Gasteiger partial charge in [0.2, 0.25) is 5.91 Å². The van der Waals surface area contributed by atoms with Crippen LogP contribution in [0.3, 0.4) is 0 Å². The molecular weight excluding hydrogens is 323 g/mol. The zero-order valence-corrected chi connectivity index (χ0v) is 14.8. The smallest absolute Gasteiger partial charge is 0.409 e. The van der Waals surface area contributed by atoms with Gasteiger partial charge >= 0.3 is 6.09 Å². The summed E-state index contributed by atoms with van der Waals surface area (Å²) in [7, 11) is 0. The van der Waals surface area contributed by atoms with E-state index in [1.807, 2.05) is 13.8 Å². The number of rotatable bonds is 4.